The second-order valence-corrected chi connectivity index (χ2v) is 5.77. The molecule has 1 saturated heterocycles. The Morgan fingerprint density at radius 1 is 1.27 bits per heavy atom. The lowest BCUT2D eigenvalue weighted by molar-refractivity contribution is -0.140. The second-order valence-electron chi connectivity index (χ2n) is 5.77. The van der Waals surface area contributed by atoms with Crippen LogP contribution in [0.4, 0.5) is 0 Å². The van der Waals surface area contributed by atoms with E-state index in [0.29, 0.717) is 25.8 Å². The topological polar surface area (TPSA) is 78.4 Å². The standard InChI is InChI=1S/C17H24N2O3/c20-16-14(9-5-2-6-12-18-16)19-15(17(21)22)11-10-13-7-3-1-4-8-13/h1,3-4,7-8,14-15,19H,2,5-6,9-12H2,(H,18,20)(H,21,22). The first-order valence-corrected chi connectivity index (χ1v) is 7.97. The van der Waals surface area contributed by atoms with E-state index in [2.05, 4.69) is 10.6 Å². The summed E-state index contributed by atoms with van der Waals surface area (Å²) in [5.41, 5.74) is 1.11. The monoisotopic (exact) mass is 304 g/mol. The summed E-state index contributed by atoms with van der Waals surface area (Å²) < 4.78 is 0. The van der Waals surface area contributed by atoms with Crippen molar-refractivity contribution in [3.8, 4) is 0 Å². The van der Waals surface area contributed by atoms with E-state index in [1.54, 1.807) is 0 Å². The number of amides is 1. The van der Waals surface area contributed by atoms with Gasteiger partial charge >= 0.3 is 5.97 Å². The highest BCUT2D eigenvalue weighted by Crippen LogP contribution is 2.11. The lowest BCUT2D eigenvalue weighted by atomic mass is 10.0. The summed E-state index contributed by atoms with van der Waals surface area (Å²) in [6, 6.07) is 8.70. The smallest absolute Gasteiger partial charge is 0.320 e. The molecule has 0 bridgehead atoms. The van der Waals surface area contributed by atoms with Crippen molar-refractivity contribution >= 4 is 11.9 Å². The number of nitrogens with one attached hydrogen (secondary N) is 2. The molecule has 22 heavy (non-hydrogen) atoms. The van der Waals surface area contributed by atoms with Crippen LogP contribution in [0.2, 0.25) is 0 Å². The Morgan fingerprint density at radius 3 is 2.77 bits per heavy atom. The molecule has 2 rings (SSSR count). The van der Waals surface area contributed by atoms with E-state index < -0.39 is 18.1 Å². The van der Waals surface area contributed by atoms with E-state index >= 15 is 0 Å². The van der Waals surface area contributed by atoms with Crippen molar-refractivity contribution in [2.75, 3.05) is 6.54 Å². The van der Waals surface area contributed by atoms with Gasteiger partial charge in [0.2, 0.25) is 5.91 Å². The summed E-state index contributed by atoms with van der Waals surface area (Å²) in [6.45, 7) is 0.679. The lowest BCUT2D eigenvalue weighted by Gasteiger charge is -2.24. The molecule has 1 aliphatic heterocycles. The molecular formula is C17H24N2O3. The predicted molar refractivity (Wildman–Crippen MR) is 84.6 cm³/mol. The summed E-state index contributed by atoms with van der Waals surface area (Å²) in [6.07, 6.45) is 4.87. The van der Waals surface area contributed by atoms with Crippen molar-refractivity contribution in [2.24, 2.45) is 0 Å². The van der Waals surface area contributed by atoms with Gasteiger partial charge in [0.15, 0.2) is 0 Å². The molecule has 1 aliphatic rings. The summed E-state index contributed by atoms with van der Waals surface area (Å²) in [5, 5.41) is 15.3. The number of carboxylic acid groups (broad SMARTS) is 1. The Kier molecular flexibility index (Phi) is 6.40. The molecule has 0 saturated carbocycles. The van der Waals surface area contributed by atoms with E-state index in [9.17, 15) is 14.7 Å². The van der Waals surface area contributed by atoms with Crippen LogP contribution >= 0.6 is 0 Å². The number of carbonyl (C=O) groups excluding carboxylic acids is 1. The molecule has 2 unspecified atom stereocenters. The van der Waals surface area contributed by atoms with Crippen molar-refractivity contribution < 1.29 is 14.7 Å². The van der Waals surface area contributed by atoms with E-state index in [-0.39, 0.29) is 5.91 Å². The van der Waals surface area contributed by atoms with Crippen LogP contribution in [0, 0.1) is 0 Å². The van der Waals surface area contributed by atoms with Gasteiger partial charge in [-0.2, -0.15) is 0 Å². The fourth-order valence-corrected chi connectivity index (χ4v) is 2.75. The van der Waals surface area contributed by atoms with Gasteiger partial charge in [-0.15, -0.1) is 0 Å². The molecule has 3 N–H and O–H groups in total. The molecule has 2 atom stereocenters. The van der Waals surface area contributed by atoms with Crippen LogP contribution in [-0.2, 0) is 16.0 Å². The number of carboxylic acids is 1. The minimum atomic E-state index is -0.897. The van der Waals surface area contributed by atoms with Crippen molar-refractivity contribution in [2.45, 2.75) is 50.6 Å². The van der Waals surface area contributed by atoms with Gasteiger partial charge < -0.3 is 10.4 Å². The summed E-state index contributed by atoms with van der Waals surface area (Å²) in [5.74, 6) is -0.976. The van der Waals surface area contributed by atoms with Crippen LogP contribution in [0.15, 0.2) is 30.3 Å². The Bertz CT molecular complexity index is 490. The number of carbonyl (C=O) groups is 2. The molecule has 1 aromatic carbocycles. The first kappa shape index (κ1) is 16.5. The quantitative estimate of drug-likeness (QED) is 0.748. The van der Waals surface area contributed by atoms with Gasteiger partial charge in [0.25, 0.3) is 0 Å². The number of rotatable bonds is 6. The third-order valence-corrected chi connectivity index (χ3v) is 4.05. The minimum Gasteiger partial charge on any atom is -0.480 e. The average molecular weight is 304 g/mol. The minimum absolute atomic E-state index is 0.0781. The van der Waals surface area contributed by atoms with E-state index in [4.69, 9.17) is 0 Å². The molecule has 0 radical (unpaired) electrons. The molecular weight excluding hydrogens is 280 g/mol. The SMILES string of the molecule is O=C(O)C(CCc1ccccc1)NC1CCCCCNC1=O. The zero-order valence-corrected chi connectivity index (χ0v) is 12.8. The summed E-state index contributed by atoms with van der Waals surface area (Å²) in [4.78, 5) is 23.5. The number of hydrogen-bond donors (Lipinski definition) is 3. The van der Waals surface area contributed by atoms with Gasteiger partial charge in [-0.05, 0) is 31.2 Å². The molecule has 1 fully saturated rings. The molecule has 0 spiro atoms. The number of hydrogen-bond acceptors (Lipinski definition) is 3. The van der Waals surface area contributed by atoms with Gasteiger partial charge in [0.05, 0.1) is 6.04 Å². The van der Waals surface area contributed by atoms with Crippen molar-refractivity contribution in [3.05, 3.63) is 35.9 Å². The Morgan fingerprint density at radius 2 is 2.05 bits per heavy atom. The Labute approximate surface area is 131 Å². The zero-order chi connectivity index (χ0) is 15.8. The molecule has 1 aromatic rings. The van der Waals surface area contributed by atoms with Crippen molar-refractivity contribution in [3.63, 3.8) is 0 Å². The first-order chi connectivity index (χ1) is 10.7. The van der Waals surface area contributed by atoms with Gasteiger partial charge in [0, 0.05) is 6.54 Å². The van der Waals surface area contributed by atoms with Gasteiger partial charge in [0.1, 0.15) is 6.04 Å². The van der Waals surface area contributed by atoms with Gasteiger partial charge in [-0.1, -0.05) is 43.2 Å². The third-order valence-electron chi connectivity index (χ3n) is 4.05. The molecule has 0 aromatic heterocycles. The van der Waals surface area contributed by atoms with E-state index in [1.165, 1.54) is 0 Å². The lowest BCUT2D eigenvalue weighted by Crippen LogP contribution is -2.51. The third kappa shape index (κ3) is 5.15. The molecule has 1 heterocycles. The zero-order valence-electron chi connectivity index (χ0n) is 12.8. The van der Waals surface area contributed by atoms with Crippen LogP contribution < -0.4 is 10.6 Å². The highest BCUT2D eigenvalue weighted by atomic mass is 16.4. The van der Waals surface area contributed by atoms with Crippen LogP contribution in [-0.4, -0.2) is 35.6 Å². The molecule has 5 heteroatoms. The number of aliphatic carboxylic acids is 1. The van der Waals surface area contributed by atoms with Crippen molar-refractivity contribution in [1.29, 1.82) is 0 Å². The second kappa shape index (κ2) is 8.54. The molecule has 120 valence electrons. The fraction of sp³-hybridized carbons (Fsp3) is 0.529. The molecule has 1 amide bonds. The van der Waals surface area contributed by atoms with Crippen LogP contribution in [0.25, 0.3) is 0 Å². The highest BCUT2D eigenvalue weighted by Gasteiger charge is 2.26. The maximum atomic E-state index is 12.0. The maximum Gasteiger partial charge on any atom is 0.320 e. The van der Waals surface area contributed by atoms with Gasteiger partial charge in [-0.25, -0.2) is 0 Å². The van der Waals surface area contributed by atoms with Crippen LogP contribution in [0.5, 0.6) is 0 Å². The van der Waals surface area contributed by atoms with Gasteiger partial charge in [-0.3, -0.25) is 14.9 Å². The fourth-order valence-electron chi connectivity index (χ4n) is 2.75. The van der Waals surface area contributed by atoms with E-state index in [1.807, 2.05) is 30.3 Å². The Balaban J connectivity index is 1.92. The summed E-state index contributed by atoms with van der Waals surface area (Å²) >= 11 is 0. The highest BCUT2D eigenvalue weighted by molar-refractivity contribution is 5.83. The number of benzene rings is 1. The number of aryl methyl sites for hydroxylation is 1. The largest absolute Gasteiger partial charge is 0.480 e. The van der Waals surface area contributed by atoms with Crippen LogP contribution in [0.1, 0.15) is 37.7 Å². The van der Waals surface area contributed by atoms with E-state index in [0.717, 1.165) is 24.8 Å². The predicted octanol–water partition coefficient (Wildman–Crippen LogP) is 1.72. The normalized spacial score (nSPS) is 20.5. The first-order valence-electron chi connectivity index (χ1n) is 7.97. The Hall–Kier alpha value is -1.88. The van der Waals surface area contributed by atoms with Crippen LogP contribution in [0.3, 0.4) is 0 Å². The molecule has 0 aliphatic carbocycles. The maximum absolute atomic E-state index is 12.0. The van der Waals surface area contributed by atoms with Crippen molar-refractivity contribution in [1.82, 2.24) is 10.6 Å². The summed E-state index contributed by atoms with van der Waals surface area (Å²) in [7, 11) is 0. The average Bonchev–Trinajstić information content (AvgIpc) is 2.50. The molecule has 5 nitrogen and oxygen atoms in total.